The number of hydrogen-bond acceptors (Lipinski definition) is 2. The van der Waals surface area contributed by atoms with E-state index in [0.717, 1.165) is 32.1 Å². The predicted octanol–water partition coefficient (Wildman–Crippen LogP) is 5.68. The van der Waals surface area contributed by atoms with Gasteiger partial charge >= 0.3 is 5.97 Å². The molecule has 0 amide bonds. The van der Waals surface area contributed by atoms with E-state index in [1.807, 2.05) is 13.8 Å². The van der Waals surface area contributed by atoms with Gasteiger partial charge in [-0.2, -0.15) is 0 Å². The zero-order valence-corrected chi connectivity index (χ0v) is 14.9. The smallest absolute Gasteiger partial charge is 0.309 e. The van der Waals surface area contributed by atoms with Gasteiger partial charge in [0, 0.05) is 0 Å². The Labute approximate surface area is 131 Å². The van der Waals surface area contributed by atoms with Crippen LogP contribution in [-0.2, 0) is 9.53 Å². The molecule has 0 bridgehead atoms. The summed E-state index contributed by atoms with van der Waals surface area (Å²) in [5.41, 5.74) is 2.75. The van der Waals surface area contributed by atoms with Crippen LogP contribution in [0, 0.1) is 11.8 Å². The molecule has 2 nitrogen and oxygen atoms in total. The van der Waals surface area contributed by atoms with E-state index >= 15 is 0 Å². The highest BCUT2D eigenvalue weighted by Crippen LogP contribution is 2.24. The topological polar surface area (TPSA) is 26.3 Å². The van der Waals surface area contributed by atoms with Gasteiger partial charge in [-0.15, -0.1) is 0 Å². The number of ether oxygens (including phenoxy) is 1. The second kappa shape index (κ2) is 11.6. The normalized spacial score (nSPS) is 14.5. The highest BCUT2D eigenvalue weighted by atomic mass is 16.5. The minimum absolute atomic E-state index is 0.0464. The molecule has 2 atom stereocenters. The molecular weight excluding hydrogens is 260 g/mol. The maximum atomic E-state index is 12.0. The fraction of sp³-hybridized carbons (Fsp3) is 0.737. The summed E-state index contributed by atoms with van der Waals surface area (Å²) >= 11 is 0. The standard InChI is InChI=1S/C19H34O2/c1-7-9-13-18(17(6)19(20)21-8-2)14-16(5)12-10-11-15(3)4/h11,14,17-18H,7-10,12-13H2,1-6H3/b16-14+. The molecule has 0 heterocycles. The van der Waals surface area contributed by atoms with Crippen molar-refractivity contribution < 1.29 is 9.53 Å². The van der Waals surface area contributed by atoms with Gasteiger partial charge in [0.25, 0.3) is 0 Å². The monoisotopic (exact) mass is 294 g/mol. The molecule has 2 heteroatoms. The third-order valence-electron chi connectivity index (χ3n) is 3.78. The van der Waals surface area contributed by atoms with Crippen molar-refractivity contribution in [1.82, 2.24) is 0 Å². The van der Waals surface area contributed by atoms with E-state index in [2.05, 4.69) is 39.8 Å². The maximum absolute atomic E-state index is 12.0. The van der Waals surface area contributed by atoms with Crippen molar-refractivity contribution in [1.29, 1.82) is 0 Å². The van der Waals surface area contributed by atoms with Crippen LogP contribution in [0.25, 0.3) is 0 Å². The Kier molecular flexibility index (Phi) is 11.0. The molecule has 0 aromatic rings. The second-order valence-corrected chi connectivity index (χ2v) is 6.18. The van der Waals surface area contributed by atoms with Crippen LogP contribution < -0.4 is 0 Å². The molecule has 2 unspecified atom stereocenters. The average Bonchev–Trinajstić information content (AvgIpc) is 2.42. The molecule has 0 fully saturated rings. The number of allylic oxidation sites excluding steroid dienone is 4. The molecule has 0 rings (SSSR count). The first-order valence-corrected chi connectivity index (χ1v) is 8.39. The first-order chi connectivity index (χ1) is 9.92. The lowest BCUT2D eigenvalue weighted by Crippen LogP contribution is -2.22. The summed E-state index contributed by atoms with van der Waals surface area (Å²) in [5.74, 6) is 0.192. The molecular formula is C19H34O2. The fourth-order valence-corrected chi connectivity index (χ4v) is 2.40. The molecule has 0 aliphatic rings. The van der Waals surface area contributed by atoms with E-state index in [0.29, 0.717) is 12.5 Å². The number of hydrogen-bond donors (Lipinski definition) is 0. The van der Waals surface area contributed by atoms with Crippen molar-refractivity contribution >= 4 is 5.97 Å². The van der Waals surface area contributed by atoms with Crippen molar-refractivity contribution in [2.45, 2.75) is 73.6 Å². The van der Waals surface area contributed by atoms with Crippen LogP contribution in [0.5, 0.6) is 0 Å². The predicted molar refractivity (Wildman–Crippen MR) is 91.2 cm³/mol. The highest BCUT2D eigenvalue weighted by Gasteiger charge is 2.23. The van der Waals surface area contributed by atoms with Crippen LogP contribution in [0.2, 0.25) is 0 Å². The van der Waals surface area contributed by atoms with Gasteiger partial charge in [0.1, 0.15) is 0 Å². The van der Waals surface area contributed by atoms with Crippen LogP contribution in [0.3, 0.4) is 0 Å². The lowest BCUT2D eigenvalue weighted by Gasteiger charge is -2.20. The quantitative estimate of drug-likeness (QED) is 0.382. The molecule has 21 heavy (non-hydrogen) atoms. The summed E-state index contributed by atoms with van der Waals surface area (Å²) in [5, 5.41) is 0. The molecule has 0 aliphatic heterocycles. The van der Waals surface area contributed by atoms with E-state index in [9.17, 15) is 4.79 Å². The van der Waals surface area contributed by atoms with Gasteiger partial charge in [-0.25, -0.2) is 0 Å². The van der Waals surface area contributed by atoms with Gasteiger partial charge < -0.3 is 4.74 Å². The summed E-state index contributed by atoms with van der Waals surface area (Å²) in [6.45, 7) is 13.0. The number of carbonyl (C=O) groups is 1. The summed E-state index contributed by atoms with van der Waals surface area (Å²) < 4.78 is 5.18. The summed E-state index contributed by atoms with van der Waals surface area (Å²) in [6, 6.07) is 0. The number of carbonyl (C=O) groups excluding carboxylic acids is 1. The van der Waals surface area contributed by atoms with E-state index < -0.39 is 0 Å². The molecule has 0 radical (unpaired) electrons. The maximum Gasteiger partial charge on any atom is 0.309 e. The molecule has 122 valence electrons. The Hall–Kier alpha value is -1.05. The molecule has 0 aliphatic carbocycles. The number of rotatable bonds is 10. The lowest BCUT2D eigenvalue weighted by molar-refractivity contribution is -0.148. The Balaban J connectivity index is 4.72. The molecule has 0 spiro atoms. The summed E-state index contributed by atoms with van der Waals surface area (Å²) in [4.78, 5) is 12.0. The SMILES string of the molecule is CCCCC(/C=C(\C)CCC=C(C)C)C(C)C(=O)OCC. The van der Waals surface area contributed by atoms with Gasteiger partial charge in [-0.3, -0.25) is 4.79 Å². The first-order valence-electron chi connectivity index (χ1n) is 8.39. The first kappa shape index (κ1) is 19.9. The number of esters is 1. The van der Waals surface area contributed by atoms with Crippen molar-refractivity contribution in [2.75, 3.05) is 6.61 Å². The third kappa shape index (κ3) is 9.49. The molecule has 0 saturated heterocycles. The zero-order chi connectivity index (χ0) is 16.3. The lowest BCUT2D eigenvalue weighted by atomic mass is 9.87. The Morgan fingerprint density at radius 3 is 2.38 bits per heavy atom. The molecule has 0 aromatic carbocycles. The van der Waals surface area contributed by atoms with Crippen molar-refractivity contribution in [3.63, 3.8) is 0 Å². The van der Waals surface area contributed by atoms with E-state index in [1.165, 1.54) is 11.1 Å². The van der Waals surface area contributed by atoms with Crippen molar-refractivity contribution in [3.8, 4) is 0 Å². The zero-order valence-electron chi connectivity index (χ0n) is 14.9. The third-order valence-corrected chi connectivity index (χ3v) is 3.78. The molecule has 0 N–H and O–H groups in total. The Morgan fingerprint density at radius 1 is 1.19 bits per heavy atom. The second-order valence-electron chi connectivity index (χ2n) is 6.18. The van der Waals surface area contributed by atoms with E-state index in [-0.39, 0.29) is 11.9 Å². The van der Waals surface area contributed by atoms with Gasteiger partial charge in [-0.05, 0) is 52.9 Å². The van der Waals surface area contributed by atoms with Gasteiger partial charge in [0.15, 0.2) is 0 Å². The van der Waals surface area contributed by atoms with Crippen LogP contribution in [0.4, 0.5) is 0 Å². The Morgan fingerprint density at radius 2 is 1.86 bits per heavy atom. The number of unbranched alkanes of at least 4 members (excludes halogenated alkanes) is 1. The molecule has 0 aromatic heterocycles. The van der Waals surface area contributed by atoms with Crippen molar-refractivity contribution in [3.05, 3.63) is 23.3 Å². The average molecular weight is 294 g/mol. The van der Waals surface area contributed by atoms with Crippen molar-refractivity contribution in [2.24, 2.45) is 11.8 Å². The van der Waals surface area contributed by atoms with Crippen LogP contribution in [-0.4, -0.2) is 12.6 Å². The van der Waals surface area contributed by atoms with E-state index in [4.69, 9.17) is 4.74 Å². The van der Waals surface area contributed by atoms with E-state index in [1.54, 1.807) is 0 Å². The van der Waals surface area contributed by atoms with Crippen LogP contribution in [0.15, 0.2) is 23.3 Å². The largest absolute Gasteiger partial charge is 0.466 e. The molecule has 0 saturated carbocycles. The van der Waals surface area contributed by atoms with Crippen LogP contribution >= 0.6 is 0 Å². The minimum atomic E-state index is -0.0630. The highest BCUT2D eigenvalue weighted by molar-refractivity contribution is 5.72. The Bertz CT molecular complexity index is 349. The van der Waals surface area contributed by atoms with Gasteiger partial charge in [-0.1, -0.05) is 50.0 Å². The summed E-state index contributed by atoms with van der Waals surface area (Å²) in [7, 11) is 0. The van der Waals surface area contributed by atoms with Gasteiger partial charge in [0.2, 0.25) is 0 Å². The van der Waals surface area contributed by atoms with Gasteiger partial charge in [0.05, 0.1) is 12.5 Å². The summed E-state index contributed by atoms with van der Waals surface area (Å²) in [6.07, 6.45) is 10.1. The van der Waals surface area contributed by atoms with Crippen LogP contribution in [0.1, 0.15) is 73.6 Å². The fourth-order valence-electron chi connectivity index (χ4n) is 2.40. The minimum Gasteiger partial charge on any atom is -0.466 e.